The lowest BCUT2D eigenvalue weighted by Gasteiger charge is -2.47. The summed E-state index contributed by atoms with van der Waals surface area (Å²) >= 11 is 0. The molecule has 1 aromatic rings. The molecule has 6 heteroatoms. The highest BCUT2D eigenvalue weighted by atomic mass is 16.5. The highest BCUT2D eigenvalue weighted by molar-refractivity contribution is 5.77. The van der Waals surface area contributed by atoms with E-state index in [0.717, 1.165) is 50.2 Å². The van der Waals surface area contributed by atoms with Gasteiger partial charge in [0.15, 0.2) is 0 Å². The van der Waals surface area contributed by atoms with Gasteiger partial charge in [0.05, 0.1) is 7.11 Å². The van der Waals surface area contributed by atoms with E-state index in [4.69, 9.17) is 4.74 Å². The van der Waals surface area contributed by atoms with Crippen LogP contribution in [-0.4, -0.2) is 55.0 Å². The molecule has 0 unspecified atom stereocenters. The first-order valence-corrected chi connectivity index (χ1v) is 9.60. The lowest BCUT2D eigenvalue weighted by molar-refractivity contribution is -0.138. The molecule has 2 saturated heterocycles. The maximum atomic E-state index is 12.5. The SMILES string of the molecule is C=CCN1CC2(CCC1=O)CCN(C(=O)NCc1ccc(OC)cc1)CC2. The van der Waals surface area contributed by atoms with Gasteiger partial charge in [0.1, 0.15) is 5.75 Å². The lowest BCUT2D eigenvalue weighted by atomic mass is 9.72. The highest BCUT2D eigenvalue weighted by Gasteiger charge is 2.41. The zero-order valence-electron chi connectivity index (χ0n) is 16.1. The number of likely N-dealkylation sites (tertiary alicyclic amines) is 2. The van der Waals surface area contributed by atoms with Crippen molar-refractivity contribution < 1.29 is 14.3 Å². The molecule has 1 N–H and O–H groups in total. The van der Waals surface area contributed by atoms with Crippen LogP contribution in [0.15, 0.2) is 36.9 Å². The molecule has 2 aliphatic heterocycles. The first kappa shape index (κ1) is 19.3. The van der Waals surface area contributed by atoms with Crippen LogP contribution in [-0.2, 0) is 11.3 Å². The molecule has 0 saturated carbocycles. The van der Waals surface area contributed by atoms with Crippen molar-refractivity contribution in [3.05, 3.63) is 42.5 Å². The Bertz CT molecular complexity index is 678. The molecule has 1 spiro atoms. The fraction of sp³-hybridized carbons (Fsp3) is 0.524. The van der Waals surface area contributed by atoms with Crippen molar-refractivity contribution in [2.75, 3.05) is 33.3 Å². The third-order valence-electron chi connectivity index (χ3n) is 5.81. The maximum Gasteiger partial charge on any atom is 0.317 e. The number of rotatable bonds is 5. The monoisotopic (exact) mass is 371 g/mol. The Labute approximate surface area is 161 Å². The average molecular weight is 371 g/mol. The zero-order chi connectivity index (χ0) is 19.3. The number of ether oxygens (including phenoxy) is 1. The van der Waals surface area contributed by atoms with Crippen molar-refractivity contribution in [2.45, 2.75) is 32.2 Å². The van der Waals surface area contributed by atoms with Crippen LogP contribution in [0.2, 0.25) is 0 Å². The number of carbonyl (C=O) groups is 2. The predicted molar refractivity (Wildman–Crippen MR) is 104 cm³/mol. The maximum absolute atomic E-state index is 12.5. The minimum absolute atomic E-state index is 0.0181. The molecule has 6 nitrogen and oxygen atoms in total. The molecule has 2 heterocycles. The molecule has 0 radical (unpaired) electrons. The third kappa shape index (κ3) is 4.62. The lowest BCUT2D eigenvalue weighted by Crippen LogP contribution is -2.53. The van der Waals surface area contributed by atoms with E-state index >= 15 is 0 Å². The number of piperidine rings is 2. The van der Waals surface area contributed by atoms with Gasteiger partial charge in [0.2, 0.25) is 5.91 Å². The van der Waals surface area contributed by atoms with E-state index in [9.17, 15) is 9.59 Å². The van der Waals surface area contributed by atoms with E-state index < -0.39 is 0 Å². The molecule has 27 heavy (non-hydrogen) atoms. The number of amides is 3. The van der Waals surface area contributed by atoms with Crippen molar-refractivity contribution in [2.24, 2.45) is 5.41 Å². The molecule has 1 aromatic carbocycles. The van der Waals surface area contributed by atoms with Gasteiger partial charge in [-0.2, -0.15) is 0 Å². The van der Waals surface area contributed by atoms with Crippen LogP contribution >= 0.6 is 0 Å². The summed E-state index contributed by atoms with van der Waals surface area (Å²) in [6.45, 7) is 7.15. The van der Waals surface area contributed by atoms with Gasteiger partial charge in [-0.3, -0.25) is 4.79 Å². The highest BCUT2D eigenvalue weighted by Crippen LogP contribution is 2.40. The summed E-state index contributed by atoms with van der Waals surface area (Å²) in [6.07, 6.45) is 5.23. The van der Waals surface area contributed by atoms with Gasteiger partial charge in [0, 0.05) is 39.1 Å². The van der Waals surface area contributed by atoms with Crippen LogP contribution in [0, 0.1) is 5.41 Å². The van der Waals surface area contributed by atoms with Crippen LogP contribution in [0.3, 0.4) is 0 Å². The predicted octanol–water partition coefficient (Wildman–Crippen LogP) is 2.80. The molecule has 0 bridgehead atoms. The van der Waals surface area contributed by atoms with Gasteiger partial charge in [-0.15, -0.1) is 6.58 Å². The Morgan fingerprint density at radius 3 is 2.59 bits per heavy atom. The number of methoxy groups -OCH3 is 1. The number of nitrogens with one attached hydrogen (secondary N) is 1. The second-order valence-corrected chi connectivity index (χ2v) is 7.56. The Morgan fingerprint density at radius 2 is 1.96 bits per heavy atom. The number of hydrogen-bond acceptors (Lipinski definition) is 3. The summed E-state index contributed by atoms with van der Waals surface area (Å²) in [6, 6.07) is 7.68. The van der Waals surface area contributed by atoms with E-state index in [-0.39, 0.29) is 17.4 Å². The van der Waals surface area contributed by atoms with E-state index in [1.54, 1.807) is 13.2 Å². The molecule has 0 aromatic heterocycles. The van der Waals surface area contributed by atoms with Crippen LogP contribution in [0.4, 0.5) is 4.79 Å². The summed E-state index contributed by atoms with van der Waals surface area (Å²) in [5, 5.41) is 3.00. The molecule has 2 aliphatic rings. The van der Waals surface area contributed by atoms with E-state index in [2.05, 4.69) is 11.9 Å². The molecule has 0 atom stereocenters. The number of hydrogen-bond donors (Lipinski definition) is 1. The molecular weight excluding hydrogens is 342 g/mol. The smallest absolute Gasteiger partial charge is 0.317 e. The van der Waals surface area contributed by atoms with Gasteiger partial charge in [-0.25, -0.2) is 4.79 Å². The van der Waals surface area contributed by atoms with Crippen LogP contribution < -0.4 is 10.1 Å². The molecular formula is C21H29N3O3. The Balaban J connectivity index is 1.48. The first-order chi connectivity index (χ1) is 13.0. The fourth-order valence-electron chi connectivity index (χ4n) is 4.05. The minimum atomic E-state index is -0.0181. The summed E-state index contributed by atoms with van der Waals surface area (Å²) in [4.78, 5) is 28.3. The van der Waals surface area contributed by atoms with Gasteiger partial charge in [0.25, 0.3) is 0 Å². The van der Waals surface area contributed by atoms with Gasteiger partial charge in [-0.05, 0) is 42.4 Å². The zero-order valence-corrected chi connectivity index (χ0v) is 16.1. The molecule has 3 rings (SSSR count). The summed E-state index contributed by atoms with van der Waals surface area (Å²) in [7, 11) is 1.64. The first-order valence-electron chi connectivity index (χ1n) is 9.60. The second-order valence-electron chi connectivity index (χ2n) is 7.56. The number of carbonyl (C=O) groups excluding carboxylic acids is 2. The molecule has 3 amide bonds. The van der Waals surface area contributed by atoms with Crippen LogP contribution in [0.5, 0.6) is 5.75 Å². The van der Waals surface area contributed by atoms with Gasteiger partial charge in [-0.1, -0.05) is 18.2 Å². The molecule has 2 fully saturated rings. The van der Waals surface area contributed by atoms with Crippen LogP contribution in [0.25, 0.3) is 0 Å². The largest absolute Gasteiger partial charge is 0.497 e. The van der Waals surface area contributed by atoms with Crippen LogP contribution in [0.1, 0.15) is 31.2 Å². The third-order valence-corrected chi connectivity index (χ3v) is 5.81. The van der Waals surface area contributed by atoms with Crippen molar-refractivity contribution in [3.63, 3.8) is 0 Å². The number of nitrogens with zero attached hydrogens (tertiary/aromatic N) is 2. The fourth-order valence-corrected chi connectivity index (χ4v) is 4.05. The summed E-state index contributed by atoms with van der Waals surface area (Å²) < 4.78 is 5.15. The minimum Gasteiger partial charge on any atom is -0.497 e. The normalized spacial score (nSPS) is 19.1. The topological polar surface area (TPSA) is 61.9 Å². The van der Waals surface area contributed by atoms with Crippen molar-refractivity contribution in [3.8, 4) is 5.75 Å². The number of urea groups is 1. The van der Waals surface area contributed by atoms with E-state index in [0.29, 0.717) is 19.5 Å². The standard InChI is InChI=1S/C21H29N3O3/c1-3-12-24-16-21(9-8-19(24)25)10-13-23(14-11-21)20(26)22-15-17-4-6-18(27-2)7-5-17/h3-7H,1,8-16H2,2H3,(H,22,26). The van der Waals surface area contributed by atoms with Crippen molar-refractivity contribution in [1.82, 2.24) is 15.1 Å². The Morgan fingerprint density at radius 1 is 1.26 bits per heavy atom. The van der Waals surface area contributed by atoms with E-state index in [1.165, 1.54) is 0 Å². The van der Waals surface area contributed by atoms with Crippen molar-refractivity contribution >= 4 is 11.9 Å². The summed E-state index contributed by atoms with van der Waals surface area (Å²) in [5.41, 5.74) is 1.20. The second kappa shape index (κ2) is 8.46. The quantitative estimate of drug-likeness (QED) is 0.810. The molecule has 0 aliphatic carbocycles. The average Bonchev–Trinajstić information content (AvgIpc) is 2.70. The number of benzene rings is 1. The Kier molecular flexibility index (Phi) is 6.04. The Hall–Kier alpha value is -2.50. The van der Waals surface area contributed by atoms with Crippen molar-refractivity contribution in [1.29, 1.82) is 0 Å². The summed E-state index contributed by atoms with van der Waals surface area (Å²) in [5.74, 6) is 1.03. The molecule has 146 valence electrons. The van der Waals surface area contributed by atoms with E-state index in [1.807, 2.05) is 34.1 Å². The van der Waals surface area contributed by atoms with Gasteiger partial charge < -0.3 is 19.9 Å². The van der Waals surface area contributed by atoms with Gasteiger partial charge >= 0.3 is 6.03 Å².